The van der Waals surface area contributed by atoms with Gasteiger partial charge in [0.05, 0.1) is 4.90 Å². The van der Waals surface area contributed by atoms with Gasteiger partial charge in [-0.15, -0.1) is 0 Å². The summed E-state index contributed by atoms with van der Waals surface area (Å²) in [6, 6.07) is 6.33. The summed E-state index contributed by atoms with van der Waals surface area (Å²) in [6.45, 7) is 4.52. The van der Waals surface area contributed by atoms with E-state index in [-0.39, 0.29) is 10.8 Å². The second-order valence-electron chi connectivity index (χ2n) is 4.78. The van der Waals surface area contributed by atoms with Gasteiger partial charge in [0.2, 0.25) is 5.91 Å². The first kappa shape index (κ1) is 16.0. The first-order valence-electron chi connectivity index (χ1n) is 6.09. The van der Waals surface area contributed by atoms with Crippen molar-refractivity contribution in [3.05, 3.63) is 29.8 Å². The molecule has 0 saturated carbocycles. The van der Waals surface area contributed by atoms with Crippen molar-refractivity contribution in [3.63, 3.8) is 0 Å². The summed E-state index contributed by atoms with van der Waals surface area (Å²) in [6.07, 6.45) is 1.18. The third-order valence-corrected chi connectivity index (χ3v) is 3.90. The van der Waals surface area contributed by atoms with Gasteiger partial charge in [0.1, 0.15) is 0 Å². The smallest absolute Gasteiger partial charge is 0.261 e. The fraction of sp³-hybridized carbons (Fsp3) is 0.462. The number of hydrogen-bond donors (Lipinski definition) is 1. The molecule has 4 nitrogen and oxygen atoms in total. The van der Waals surface area contributed by atoms with Crippen molar-refractivity contribution in [2.45, 2.75) is 31.6 Å². The Morgan fingerprint density at radius 2 is 1.84 bits per heavy atom. The molecule has 1 N–H and O–H groups in total. The average molecular weight is 304 g/mol. The minimum Gasteiger partial charge on any atom is -0.356 e. The van der Waals surface area contributed by atoms with Crippen LogP contribution in [-0.2, 0) is 20.3 Å². The predicted octanol–water partition coefficient (Wildman–Crippen LogP) is 2.32. The first-order chi connectivity index (χ1) is 8.79. The normalized spacial score (nSPS) is 11.6. The van der Waals surface area contributed by atoms with Gasteiger partial charge in [0, 0.05) is 23.6 Å². The Morgan fingerprint density at radius 1 is 1.26 bits per heavy atom. The Hall–Kier alpha value is -1.07. The molecule has 1 aromatic carbocycles. The molecule has 0 heterocycles. The molecule has 0 fully saturated rings. The lowest BCUT2D eigenvalue weighted by Gasteiger charge is -2.07. The van der Waals surface area contributed by atoms with E-state index >= 15 is 0 Å². The summed E-state index contributed by atoms with van der Waals surface area (Å²) < 4.78 is 22.1. The summed E-state index contributed by atoms with van der Waals surface area (Å²) in [7, 11) is 1.56. The van der Waals surface area contributed by atoms with E-state index in [9.17, 15) is 13.2 Å². The number of halogens is 1. The Balaban J connectivity index is 2.45. The van der Waals surface area contributed by atoms with Gasteiger partial charge in [-0.2, -0.15) is 0 Å². The standard InChI is InChI=1S/C13H18ClNO3S/c1-10(2)9-13(16)15-8-7-11-3-5-12(6-4-11)19(14,17)18/h3-6,10H,7-9H2,1-2H3,(H,15,16). The van der Waals surface area contributed by atoms with Gasteiger partial charge in [-0.3, -0.25) is 4.79 Å². The maximum atomic E-state index is 11.4. The summed E-state index contributed by atoms with van der Waals surface area (Å²) in [5.74, 6) is 0.378. The SMILES string of the molecule is CC(C)CC(=O)NCCc1ccc(S(=O)(=O)Cl)cc1. The third kappa shape index (κ3) is 6.07. The van der Waals surface area contributed by atoms with E-state index in [0.717, 1.165) is 5.56 Å². The topological polar surface area (TPSA) is 63.2 Å². The summed E-state index contributed by atoms with van der Waals surface area (Å²) in [4.78, 5) is 11.5. The van der Waals surface area contributed by atoms with Gasteiger partial charge in [0.15, 0.2) is 0 Å². The molecule has 0 aromatic heterocycles. The molecular weight excluding hydrogens is 286 g/mol. The second kappa shape index (κ2) is 6.91. The molecule has 0 unspecified atom stereocenters. The first-order valence-corrected chi connectivity index (χ1v) is 8.40. The largest absolute Gasteiger partial charge is 0.356 e. The molecular formula is C13H18ClNO3S. The van der Waals surface area contributed by atoms with Gasteiger partial charge >= 0.3 is 0 Å². The van der Waals surface area contributed by atoms with Crippen molar-refractivity contribution in [2.75, 3.05) is 6.54 Å². The molecule has 0 radical (unpaired) electrons. The molecule has 1 aromatic rings. The fourth-order valence-corrected chi connectivity index (χ4v) is 2.38. The molecule has 0 atom stereocenters. The minimum absolute atomic E-state index is 0.0370. The maximum Gasteiger partial charge on any atom is 0.261 e. The highest BCUT2D eigenvalue weighted by atomic mass is 35.7. The van der Waals surface area contributed by atoms with E-state index in [1.807, 2.05) is 13.8 Å². The summed E-state index contributed by atoms with van der Waals surface area (Å²) in [5.41, 5.74) is 0.953. The number of hydrogen-bond acceptors (Lipinski definition) is 3. The monoisotopic (exact) mass is 303 g/mol. The van der Waals surface area contributed by atoms with Crippen LogP contribution in [0.1, 0.15) is 25.8 Å². The lowest BCUT2D eigenvalue weighted by Crippen LogP contribution is -2.26. The average Bonchev–Trinajstić information content (AvgIpc) is 2.27. The van der Waals surface area contributed by atoms with Crippen LogP contribution < -0.4 is 5.32 Å². The predicted molar refractivity (Wildman–Crippen MR) is 75.6 cm³/mol. The highest BCUT2D eigenvalue weighted by Gasteiger charge is 2.09. The number of carbonyl (C=O) groups excluding carboxylic acids is 1. The lowest BCUT2D eigenvalue weighted by molar-refractivity contribution is -0.121. The highest BCUT2D eigenvalue weighted by Crippen LogP contribution is 2.15. The maximum absolute atomic E-state index is 11.4. The van der Waals surface area contributed by atoms with Crippen LogP contribution in [0.5, 0.6) is 0 Å². The van der Waals surface area contributed by atoms with Crippen LogP contribution in [0.25, 0.3) is 0 Å². The summed E-state index contributed by atoms with van der Waals surface area (Å²) >= 11 is 0. The van der Waals surface area contributed by atoms with E-state index in [1.165, 1.54) is 12.1 Å². The molecule has 6 heteroatoms. The van der Waals surface area contributed by atoms with Gasteiger partial charge in [0.25, 0.3) is 9.05 Å². The molecule has 1 amide bonds. The van der Waals surface area contributed by atoms with E-state index in [1.54, 1.807) is 12.1 Å². The van der Waals surface area contributed by atoms with E-state index < -0.39 is 9.05 Å². The number of nitrogens with one attached hydrogen (secondary N) is 1. The zero-order chi connectivity index (χ0) is 14.5. The zero-order valence-electron chi connectivity index (χ0n) is 11.0. The Morgan fingerprint density at radius 3 is 2.32 bits per heavy atom. The van der Waals surface area contributed by atoms with Gasteiger partial charge in [-0.1, -0.05) is 26.0 Å². The Kier molecular flexibility index (Phi) is 5.82. The van der Waals surface area contributed by atoms with E-state index in [2.05, 4.69) is 5.32 Å². The quantitative estimate of drug-likeness (QED) is 0.820. The number of amides is 1. The van der Waals surface area contributed by atoms with Crippen LogP contribution in [0.4, 0.5) is 0 Å². The van der Waals surface area contributed by atoms with E-state index in [4.69, 9.17) is 10.7 Å². The summed E-state index contributed by atoms with van der Waals surface area (Å²) in [5, 5.41) is 2.82. The van der Waals surface area contributed by atoms with Crippen molar-refractivity contribution in [1.29, 1.82) is 0 Å². The van der Waals surface area contributed by atoms with Crippen molar-refractivity contribution >= 4 is 25.6 Å². The molecule has 19 heavy (non-hydrogen) atoms. The molecule has 0 bridgehead atoms. The molecule has 106 valence electrons. The van der Waals surface area contributed by atoms with Gasteiger partial charge in [-0.05, 0) is 30.0 Å². The van der Waals surface area contributed by atoms with Crippen LogP contribution in [0.15, 0.2) is 29.2 Å². The van der Waals surface area contributed by atoms with Crippen molar-refractivity contribution in [1.82, 2.24) is 5.32 Å². The molecule has 0 spiro atoms. The second-order valence-corrected chi connectivity index (χ2v) is 7.35. The van der Waals surface area contributed by atoms with Crippen LogP contribution in [0, 0.1) is 5.92 Å². The van der Waals surface area contributed by atoms with Gasteiger partial charge < -0.3 is 5.32 Å². The third-order valence-electron chi connectivity index (χ3n) is 2.53. The molecule has 0 aliphatic rings. The zero-order valence-corrected chi connectivity index (χ0v) is 12.6. The molecule has 1 rings (SSSR count). The number of carbonyl (C=O) groups is 1. The minimum atomic E-state index is -3.66. The van der Waals surface area contributed by atoms with Crippen molar-refractivity contribution < 1.29 is 13.2 Å². The highest BCUT2D eigenvalue weighted by molar-refractivity contribution is 8.13. The lowest BCUT2D eigenvalue weighted by atomic mass is 10.1. The van der Waals surface area contributed by atoms with Crippen molar-refractivity contribution in [2.24, 2.45) is 5.92 Å². The Labute approximate surface area is 118 Å². The molecule has 0 aliphatic heterocycles. The van der Waals surface area contributed by atoms with Crippen molar-refractivity contribution in [3.8, 4) is 0 Å². The molecule has 0 aliphatic carbocycles. The van der Waals surface area contributed by atoms with E-state index in [0.29, 0.717) is 25.3 Å². The van der Waals surface area contributed by atoms with Crippen LogP contribution in [-0.4, -0.2) is 20.9 Å². The molecule has 0 saturated heterocycles. The fourth-order valence-electron chi connectivity index (χ4n) is 1.61. The van der Waals surface area contributed by atoms with Crippen LogP contribution in [0.2, 0.25) is 0 Å². The number of benzene rings is 1. The Bertz CT molecular complexity index is 523. The van der Waals surface area contributed by atoms with Gasteiger partial charge in [-0.25, -0.2) is 8.42 Å². The number of rotatable bonds is 6. The van der Waals surface area contributed by atoms with Crippen LogP contribution in [0.3, 0.4) is 0 Å². The van der Waals surface area contributed by atoms with Crippen LogP contribution >= 0.6 is 10.7 Å².